The van der Waals surface area contributed by atoms with Gasteiger partial charge in [-0.1, -0.05) is 17.7 Å². The monoisotopic (exact) mass is 413 g/mol. The number of nitrogens with one attached hydrogen (secondary N) is 3. The molecular weight excluding hydrogens is 386 g/mol. The van der Waals surface area contributed by atoms with Gasteiger partial charge in [0.1, 0.15) is 11.5 Å². The van der Waals surface area contributed by atoms with Crippen LogP contribution < -0.4 is 25.6 Å². The standard InChI is InChI=1S/C22H27N3O5/c1-4-29-18-8-10-19(11-9-18)30-16(3)21(27)25-24-20(26)12-13-23-22(28)17-7-5-6-15(2)14-17/h5-11,14,16H,4,12-13H2,1-3H3,(H,23,28)(H,24,26)(H,25,27). The summed E-state index contributed by atoms with van der Waals surface area (Å²) in [7, 11) is 0. The summed E-state index contributed by atoms with van der Waals surface area (Å²) in [6.07, 6.45) is -0.796. The van der Waals surface area contributed by atoms with Gasteiger partial charge in [0.05, 0.1) is 6.61 Å². The molecule has 3 N–H and O–H groups in total. The van der Waals surface area contributed by atoms with Gasteiger partial charge in [0.2, 0.25) is 5.91 Å². The molecule has 8 heteroatoms. The summed E-state index contributed by atoms with van der Waals surface area (Å²) in [5.74, 6) is 0.0325. The fraction of sp³-hybridized carbons (Fsp3) is 0.318. The summed E-state index contributed by atoms with van der Waals surface area (Å²) in [5, 5.41) is 2.67. The molecule has 2 aromatic rings. The van der Waals surface area contributed by atoms with Gasteiger partial charge < -0.3 is 14.8 Å². The van der Waals surface area contributed by atoms with E-state index in [0.717, 1.165) is 5.56 Å². The van der Waals surface area contributed by atoms with Gasteiger partial charge in [-0.3, -0.25) is 25.2 Å². The Kier molecular flexibility index (Phi) is 8.68. The van der Waals surface area contributed by atoms with Crippen LogP contribution >= 0.6 is 0 Å². The summed E-state index contributed by atoms with van der Waals surface area (Å²) in [4.78, 5) is 36.0. The molecule has 0 saturated carbocycles. The highest BCUT2D eigenvalue weighted by atomic mass is 16.5. The number of hydrogen-bond donors (Lipinski definition) is 3. The van der Waals surface area contributed by atoms with E-state index in [9.17, 15) is 14.4 Å². The van der Waals surface area contributed by atoms with Crippen LogP contribution in [-0.4, -0.2) is 37.0 Å². The van der Waals surface area contributed by atoms with Crippen molar-refractivity contribution < 1.29 is 23.9 Å². The molecular formula is C22H27N3O5. The van der Waals surface area contributed by atoms with Crippen molar-refractivity contribution in [2.24, 2.45) is 0 Å². The largest absolute Gasteiger partial charge is 0.494 e. The molecule has 0 saturated heterocycles. The Bertz CT molecular complexity index is 867. The Balaban J connectivity index is 1.68. The van der Waals surface area contributed by atoms with E-state index in [0.29, 0.717) is 23.7 Å². The van der Waals surface area contributed by atoms with E-state index in [1.807, 2.05) is 19.9 Å². The average molecular weight is 413 g/mol. The normalized spacial score (nSPS) is 11.2. The molecule has 0 aromatic heterocycles. The molecule has 30 heavy (non-hydrogen) atoms. The summed E-state index contributed by atoms with van der Waals surface area (Å²) in [5.41, 5.74) is 6.13. The first kappa shape index (κ1) is 22.7. The second-order valence-corrected chi connectivity index (χ2v) is 6.58. The number of carbonyl (C=O) groups excluding carboxylic acids is 3. The van der Waals surface area contributed by atoms with E-state index < -0.39 is 17.9 Å². The number of hydrazine groups is 1. The predicted octanol–water partition coefficient (Wildman–Crippen LogP) is 2.13. The topological polar surface area (TPSA) is 106 Å². The van der Waals surface area contributed by atoms with Crippen molar-refractivity contribution in [1.29, 1.82) is 0 Å². The maximum Gasteiger partial charge on any atom is 0.279 e. The van der Waals surface area contributed by atoms with Crippen LogP contribution in [0.5, 0.6) is 11.5 Å². The Morgan fingerprint density at radius 2 is 1.70 bits per heavy atom. The van der Waals surface area contributed by atoms with Crippen molar-refractivity contribution in [3.63, 3.8) is 0 Å². The highest BCUT2D eigenvalue weighted by molar-refractivity contribution is 5.94. The highest BCUT2D eigenvalue weighted by Gasteiger charge is 2.15. The summed E-state index contributed by atoms with van der Waals surface area (Å²) >= 11 is 0. The maximum absolute atomic E-state index is 12.1. The minimum Gasteiger partial charge on any atom is -0.494 e. The molecule has 0 aliphatic rings. The molecule has 0 aliphatic heterocycles. The minimum atomic E-state index is -0.815. The molecule has 1 unspecified atom stereocenters. The van der Waals surface area contributed by atoms with E-state index in [2.05, 4.69) is 16.2 Å². The molecule has 0 heterocycles. The first-order valence-corrected chi connectivity index (χ1v) is 9.72. The summed E-state index contributed by atoms with van der Waals surface area (Å²) < 4.78 is 10.9. The molecule has 0 spiro atoms. The number of carbonyl (C=O) groups is 3. The average Bonchev–Trinajstić information content (AvgIpc) is 2.73. The first-order valence-electron chi connectivity index (χ1n) is 9.72. The number of amides is 3. The van der Waals surface area contributed by atoms with Gasteiger partial charge in [-0.15, -0.1) is 0 Å². The van der Waals surface area contributed by atoms with Crippen LogP contribution in [0, 0.1) is 6.92 Å². The van der Waals surface area contributed by atoms with Crippen molar-refractivity contribution in [2.75, 3.05) is 13.2 Å². The molecule has 1 atom stereocenters. The van der Waals surface area contributed by atoms with Crippen LogP contribution in [0.25, 0.3) is 0 Å². The first-order chi connectivity index (χ1) is 14.4. The van der Waals surface area contributed by atoms with Gasteiger partial charge in [0.15, 0.2) is 6.10 Å². The molecule has 2 aromatic carbocycles. The summed E-state index contributed by atoms with van der Waals surface area (Å²) in [6, 6.07) is 14.0. The minimum absolute atomic E-state index is 0.0198. The van der Waals surface area contributed by atoms with E-state index in [4.69, 9.17) is 9.47 Å². The van der Waals surface area contributed by atoms with Gasteiger partial charge in [-0.2, -0.15) is 0 Å². The third-order valence-electron chi connectivity index (χ3n) is 4.06. The van der Waals surface area contributed by atoms with Crippen molar-refractivity contribution in [2.45, 2.75) is 33.3 Å². The van der Waals surface area contributed by atoms with Crippen molar-refractivity contribution >= 4 is 17.7 Å². The fourth-order valence-corrected chi connectivity index (χ4v) is 2.51. The third-order valence-corrected chi connectivity index (χ3v) is 4.06. The quantitative estimate of drug-likeness (QED) is 0.546. The molecule has 3 amide bonds. The number of hydrogen-bond acceptors (Lipinski definition) is 5. The molecule has 0 bridgehead atoms. The van der Waals surface area contributed by atoms with Crippen molar-refractivity contribution in [3.8, 4) is 11.5 Å². The van der Waals surface area contributed by atoms with Gasteiger partial charge >= 0.3 is 0 Å². The Morgan fingerprint density at radius 3 is 2.37 bits per heavy atom. The fourth-order valence-electron chi connectivity index (χ4n) is 2.51. The second kappa shape index (κ2) is 11.5. The Morgan fingerprint density at radius 1 is 1.00 bits per heavy atom. The second-order valence-electron chi connectivity index (χ2n) is 6.58. The van der Waals surface area contributed by atoms with E-state index in [-0.39, 0.29) is 18.9 Å². The van der Waals surface area contributed by atoms with Crippen molar-refractivity contribution in [3.05, 3.63) is 59.7 Å². The number of aryl methyl sites for hydroxylation is 1. The molecule has 8 nitrogen and oxygen atoms in total. The third kappa shape index (κ3) is 7.46. The summed E-state index contributed by atoms with van der Waals surface area (Å²) in [6.45, 7) is 6.07. The lowest BCUT2D eigenvalue weighted by Crippen LogP contribution is -2.47. The zero-order valence-corrected chi connectivity index (χ0v) is 17.4. The lowest BCUT2D eigenvalue weighted by atomic mass is 10.1. The maximum atomic E-state index is 12.1. The van der Waals surface area contributed by atoms with Crippen LogP contribution in [0.2, 0.25) is 0 Å². The zero-order chi connectivity index (χ0) is 21.9. The Labute approximate surface area is 175 Å². The molecule has 0 aliphatic carbocycles. The number of rotatable bonds is 9. The molecule has 160 valence electrons. The zero-order valence-electron chi connectivity index (χ0n) is 17.4. The molecule has 0 radical (unpaired) electrons. The lowest BCUT2D eigenvalue weighted by molar-refractivity contribution is -0.132. The molecule has 2 rings (SSSR count). The van der Waals surface area contributed by atoms with Gasteiger partial charge in [0.25, 0.3) is 11.8 Å². The van der Waals surface area contributed by atoms with Crippen LogP contribution in [0.4, 0.5) is 0 Å². The van der Waals surface area contributed by atoms with Gasteiger partial charge in [-0.05, 0) is 57.2 Å². The smallest absolute Gasteiger partial charge is 0.279 e. The highest BCUT2D eigenvalue weighted by Crippen LogP contribution is 2.18. The van der Waals surface area contributed by atoms with Crippen LogP contribution in [0.3, 0.4) is 0 Å². The van der Waals surface area contributed by atoms with Crippen LogP contribution in [0.1, 0.15) is 36.2 Å². The van der Waals surface area contributed by atoms with Crippen molar-refractivity contribution in [1.82, 2.24) is 16.2 Å². The predicted molar refractivity (Wildman–Crippen MR) is 112 cm³/mol. The SMILES string of the molecule is CCOc1ccc(OC(C)C(=O)NNC(=O)CCNC(=O)c2cccc(C)c2)cc1. The molecule has 0 fully saturated rings. The van der Waals surface area contributed by atoms with Gasteiger partial charge in [-0.25, -0.2) is 0 Å². The van der Waals surface area contributed by atoms with E-state index >= 15 is 0 Å². The van der Waals surface area contributed by atoms with Gasteiger partial charge in [0, 0.05) is 18.5 Å². The van der Waals surface area contributed by atoms with Crippen LogP contribution in [-0.2, 0) is 9.59 Å². The van der Waals surface area contributed by atoms with E-state index in [1.54, 1.807) is 49.4 Å². The number of benzene rings is 2. The lowest BCUT2D eigenvalue weighted by Gasteiger charge is -2.15. The van der Waals surface area contributed by atoms with E-state index in [1.165, 1.54) is 0 Å². The van der Waals surface area contributed by atoms with Crippen LogP contribution in [0.15, 0.2) is 48.5 Å². The number of ether oxygens (including phenoxy) is 2. The Hall–Kier alpha value is -3.55.